The van der Waals surface area contributed by atoms with Crippen LogP contribution in [0.5, 0.6) is 0 Å². The van der Waals surface area contributed by atoms with E-state index in [-0.39, 0.29) is 16.3 Å². The normalized spacial score (nSPS) is 12.3. The van der Waals surface area contributed by atoms with Gasteiger partial charge in [-0.25, -0.2) is 0 Å². The van der Waals surface area contributed by atoms with E-state index in [1.54, 1.807) is 0 Å². The summed E-state index contributed by atoms with van der Waals surface area (Å²) >= 11 is 0. The van der Waals surface area contributed by atoms with Crippen LogP contribution in [-0.4, -0.2) is 52.3 Å². The van der Waals surface area contributed by atoms with Crippen LogP contribution < -0.4 is 15.8 Å². The van der Waals surface area contributed by atoms with Gasteiger partial charge in [-0.05, 0) is 19.5 Å². The molecule has 1 aromatic carbocycles. The minimum atomic E-state index is -0.370. The number of rotatable bonds is 7. The van der Waals surface area contributed by atoms with Gasteiger partial charge in [0.2, 0.25) is 10.9 Å². The summed E-state index contributed by atoms with van der Waals surface area (Å²) in [5.74, 6) is 0. The SMILES string of the molecule is CN(C)CCOCCN(C)c1c(C(C)(C)C)c(=O)c1=O. The fraction of sp³-hybridized carbons (Fsp3) is 0.733. The van der Waals surface area contributed by atoms with E-state index in [2.05, 4.69) is 4.90 Å². The molecular weight excluding hydrogens is 256 g/mol. The van der Waals surface area contributed by atoms with Gasteiger partial charge in [0.05, 0.1) is 18.9 Å². The highest BCUT2D eigenvalue weighted by Gasteiger charge is 2.31. The van der Waals surface area contributed by atoms with Gasteiger partial charge in [-0.3, -0.25) is 9.59 Å². The molecule has 0 aromatic heterocycles. The van der Waals surface area contributed by atoms with E-state index in [9.17, 15) is 9.59 Å². The minimum Gasteiger partial charge on any atom is -0.378 e. The molecule has 1 aromatic rings. The lowest BCUT2D eigenvalue weighted by Crippen LogP contribution is -2.47. The largest absolute Gasteiger partial charge is 0.378 e. The second kappa shape index (κ2) is 6.50. The third-order valence-corrected chi connectivity index (χ3v) is 3.27. The molecule has 0 aliphatic rings. The zero-order chi connectivity index (χ0) is 15.5. The van der Waals surface area contributed by atoms with Crippen LogP contribution in [0.3, 0.4) is 0 Å². The Bertz CT molecular complexity index is 508. The molecule has 0 N–H and O–H groups in total. The summed E-state index contributed by atoms with van der Waals surface area (Å²) in [7, 11) is 5.82. The lowest BCUT2D eigenvalue weighted by molar-refractivity contribution is 0.123. The second-order valence-electron chi connectivity index (χ2n) is 6.47. The molecule has 0 bridgehead atoms. The van der Waals surface area contributed by atoms with Gasteiger partial charge in [-0.15, -0.1) is 0 Å². The lowest BCUT2D eigenvalue weighted by Gasteiger charge is -2.29. The first-order chi connectivity index (χ1) is 9.16. The van der Waals surface area contributed by atoms with Gasteiger partial charge in [0, 0.05) is 25.7 Å². The molecule has 0 fully saturated rings. The maximum absolute atomic E-state index is 11.7. The van der Waals surface area contributed by atoms with Crippen molar-refractivity contribution in [2.75, 3.05) is 52.3 Å². The Balaban J connectivity index is 2.57. The van der Waals surface area contributed by atoms with Crippen molar-refractivity contribution in [3.63, 3.8) is 0 Å². The zero-order valence-electron chi connectivity index (χ0n) is 13.4. The Kier molecular flexibility index (Phi) is 5.48. The Labute approximate surface area is 120 Å². The van der Waals surface area contributed by atoms with Crippen molar-refractivity contribution in [3.8, 4) is 0 Å². The Morgan fingerprint density at radius 2 is 1.50 bits per heavy atom. The standard InChI is InChI=1S/C15H26N2O3/c1-15(2,3)11-12(14(19)13(11)18)17(6)8-10-20-9-7-16(4)5/h7-10H2,1-6H3. The molecular formula is C15H26N2O3. The molecule has 5 nitrogen and oxygen atoms in total. The molecule has 114 valence electrons. The maximum atomic E-state index is 11.7. The van der Waals surface area contributed by atoms with Crippen LogP contribution in [0.2, 0.25) is 0 Å². The average Bonchev–Trinajstić information content (AvgIpc) is 2.31. The molecule has 0 unspecified atom stereocenters. The molecule has 1 rings (SSSR count). The van der Waals surface area contributed by atoms with Crippen LogP contribution >= 0.6 is 0 Å². The highest BCUT2D eigenvalue weighted by molar-refractivity contribution is 5.60. The lowest BCUT2D eigenvalue weighted by atomic mass is 9.82. The fourth-order valence-electron chi connectivity index (χ4n) is 2.10. The molecule has 0 spiro atoms. The summed E-state index contributed by atoms with van der Waals surface area (Å²) in [6.45, 7) is 8.56. The van der Waals surface area contributed by atoms with Crippen LogP contribution in [0, 0.1) is 0 Å². The Hall–Kier alpha value is -1.20. The van der Waals surface area contributed by atoms with Gasteiger partial charge < -0.3 is 14.5 Å². The van der Waals surface area contributed by atoms with Gasteiger partial charge in [-0.1, -0.05) is 20.8 Å². The molecule has 0 saturated carbocycles. The van der Waals surface area contributed by atoms with Crippen LogP contribution in [-0.2, 0) is 10.2 Å². The molecule has 0 amide bonds. The molecule has 0 saturated heterocycles. The summed E-state index contributed by atoms with van der Waals surface area (Å²) in [4.78, 5) is 27.3. The molecule has 20 heavy (non-hydrogen) atoms. The molecule has 0 radical (unpaired) electrons. The van der Waals surface area contributed by atoms with E-state index in [0.29, 0.717) is 31.0 Å². The molecule has 0 aliphatic carbocycles. The van der Waals surface area contributed by atoms with Gasteiger partial charge in [0.1, 0.15) is 0 Å². The van der Waals surface area contributed by atoms with Crippen LogP contribution in [0.25, 0.3) is 0 Å². The predicted octanol–water partition coefficient (Wildman–Crippen LogP) is 0.595. The Morgan fingerprint density at radius 3 is 2.00 bits per heavy atom. The van der Waals surface area contributed by atoms with Gasteiger partial charge >= 0.3 is 0 Å². The third kappa shape index (κ3) is 3.90. The van der Waals surface area contributed by atoms with Gasteiger partial charge in [0.15, 0.2) is 0 Å². The van der Waals surface area contributed by atoms with Crippen molar-refractivity contribution >= 4 is 5.69 Å². The van der Waals surface area contributed by atoms with Crippen LogP contribution in [0.1, 0.15) is 26.3 Å². The fourth-order valence-corrected chi connectivity index (χ4v) is 2.10. The van der Waals surface area contributed by atoms with Crippen molar-refractivity contribution in [2.24, 2.45) is 0 Å². The van der Waals surface area contributed by atoms with Crippen molar-refractivity contribution in [1.82, 2.24) is 4.90 Å². The topological polar surface area (TPSA) is 49.9 Å². The quantitative estimate of drug-likeness (QED) is 0.541. The summed E-state index contributed by atoms with van der Waals surface area (Å²) in [6, 6.07) is 0. The summed E-state index contributed by atoms with van der Waals surface area (Å²) in [6.07, 6.45) is 0. The number of anilines is 1. The van der Waals surface area contributed by atoms with Crippen molar-refractivity contribution in [1.29, 1.82) is 0 Å². The molecule has 0 atom stereocenters. The highest BCUT2D eigenvalue weighted by Crippen LogP contribution is 2.27. The van der Waals surface area contributed by atoms with Crippen LogP contribution in [0.4, 0.5) is 5.69 Å². The van der Waals surface area contributed by atoms with E-state index in [0.717, 1.165) is 6.54 Å². The van der Waals surface area contributed by atoms with Crippen molar-refractivity contribution in [3.05, 3.63) is 26.0 Å². The van der Waals surface area contributed by atoms with Crippen LogP contribution in [0.15, 0.2) is 9.59 Å². The maximum Gasteiger partial charge on any atom is 0.249 e. The van der Waals surface area contributed by atoms with E-state index >= 15 is 0 Å². The second-order valence-corrected chi connectivity index (χ2v) is 6.47. The third-order valence-electron chi connectivity index (χ3n) is 3.27. The van der Waals surface area contributed by atoms with Crippen molar-refractivity contribution < 1.29 is 4.74 Å². The highest BCUT2D eigenvalue weighted by atomic mass is 16.5. The molecule has 0 heterocycles. The van der Waals surface area contributed by atoms with E-state index in [4.69, 9.17) is 4.74 Å². The number of hydrogen-bond acceptors (Lipinski definition) is 5. The van der Waals surface area contributed by atoms with Crippen molar-refractivity contribution in [2.45, 2.75) is 26.2 Å². The first-order valence-corrected chi connectivity index (χ1v) is 6.93. The predicted molar refractivity (Wildman–Crippen MR) is 82.7 cm³/mol. The molecule has 0 aliphatic heterocycles. The first-order valence-electron chi connectivity index (χ1n) is 6.93. The Morgan fingerprint density at radius 1 is 0.950 bits per heavy atom. The number of hydrogen-bond donors (Lipinski definition) is 0. The monoisotopic (exact) mass is 282 g/mol. The van der Waals surface area contributed by atoms with Gasteiger partial charge in [-0.2, -0.15) is 0 Å². The number of likely N-dealkylation sites (N-methyl/N-ethyl adjacent to an activating group) is 2. The first kappa shape index (κ1) is 16.9. The number of nitrogens with zero attached hydrogens (tertiary/aromatic N) is 2. The summed E-state index contributed by atoms with van der Waals surface area (Å²) in [5, 5.41) is 0. The minimum absolute atomic E-state index is 0.291. The van der Waals surface area contributed by atoms with Gasteiger partial charge in [0.25, 0.3) is 0 Å². The average molecular weight is 282 g/mol. The van der Waals surface area contributed by atoms with E-state index in [1.807, 2.05) is 46.8 Å². The number of ether oxygens (including phenoxy) is 1. The smallest absolute Gasteiger partial charge is 0.249 e. The van der Waals surface area contributed by atoms with E-state index in [1.165, 1.54) is 0 Å². The summed E-state index contributed by atoms with van der Waals surface area (Å²) < 4.78 is 5.51. The van der Waals surface area contributed by atoms with E-state index < -0.39 is 0 Å². The zero-order valence-corrected chi connectivity index (χ0v) is 13.4. The molecule has 5 heteroatoms. The summed E-state index contributed by atoms with van der Waals surface area (Å²) in [5.41, 5.74) is 0.191.